The van der Waals surface area contributed by atoms with E-state index in [1.165, 1.54) is 34.3 Å². The number of fused-ring (bicyclic) bond motifs is 2. The number of anilines is 1. The van der Waals surface area contributed by atoms with Gasteiger partial charge in [0.25, 0.3) is 11.8 Å². The van der Waals surface area contributed by atoms with Gasteiger partial charge >= 0.3 is 0 Å². The van der Waals surface area contributed by atoms with Crippen LogP contribution in [0.3, 0.4) is 0 Å². The van der Waals surface area contributed by atoms with E-state index in [1.54, 1.807) is 16.7 Å². The van der Waals surface area contributed by atoms with Gasteiger partial charge in [0.15, 0.2) is 23.1 Å². The Kier molecular flexibility index (Phi) is 7.97. The molecule has 2 aromatic rings. The number of aromatic nitrogens is 2. The number of amides is 2. The highest BCUT2D eigenvalue weighted by molar-refractivity contribution is 8.00. The van der Waals surface area contributed by atoms with E-state index < -0.39 is 29.2 Å². The van der Waals surface area contributed by atoms with Crippen molar-refractivity contribution in [1.82, 2.24) is 15.2 Å². The standard InChI is InChI=1S/C23H26N6O6S3/c1-34-6-7-35-27-16(13-10-37-23(24)25-13)19(30)26-17-20(31)29-18(22(32)33)12(9-36-21(17)29)8-28-11-38-15-5-3-2-4-14(15)28/h10-11,17,21H,2-9H2,1H3,(H3-,24,25,26,30,32,33)/b27-16-/t17-,21+/m1/s1. The number of nitrogens with zero attached hydrogens (tertiary/aromatic N) is 4. The Hall–Kier alpha value is -3.01. The number of methoxy groups -OCH3 is 1. The zero-order chi connectivity index (χ0) is 26.8. The molecule has 3 aliphatic rings. The molecule has 1 aliphatic carbocycles. The van der Waals surface area contributed by atoms with Crippen LogP contribution in [0.1, 0.15) is 29.1 Å². The lowest BCUT2D eigenvalue weighted by Crippen LogP contribution is -2.71. The van der Waals surface area contributed by atoms with E-state index in [9.17, 15) is 19.5 Å². The largest absolute Gasteiger partial charge is 0.543 e. The van der Waals surface area contributed by atoms with E-state index >= 15 is 0 Å². The van der Waals surface area contributed by atoms with Gasteiger partial charge < -0.3 is 30.5 Å². The second-order valence-corrected chi connectivity index (χ2v) is 11.8. The SMILES string of the molecule is COCCO/N=C(\C(=O)N[C@@H]1C(=O)N2C(C(=O)[O-])=C(C[n+]3csc4c3CCCC4)CS[C@@H]12)c1csc(N)n1. The normalized spacial score (nSPS) is 21.0. The van der Waals surface area contributed by atoms with E-state index in [-0.39, 0.29) is 35.4 Å². The van der Waals surface area contributed by atoms with Crippen molar-refractivity contribution >= 4 is 63.1 Å². The van der Waals surface area contributed by atoms with Crippen molar-refractivity contribution in [2.75, 3.05) is 31.8 Å². The van der Waals surface area contributed by atoms with Gasteiger partial charge in [-0.2, -0.15) is 4.57 Å². The maximum Gasteiger partial charge on any atom is 0.276 e. The Morgan fingerprint density at radius 3 is 2.87 bits per heavy atom. The molecule has 0 unspecified atom stereocenters. The number of aryl methyl sites for hydroxylation is 1. The summed E-state index contributed by atoms with van der Waals surface area (Å²) in [5.74, 6) is -2.22. The molecule has 2 aliphatic heterocycles. The average molecular weight is 579 g/mol. The lowest BCUT2D eigenvalue weighted by atomic mass is 10.0. The smallest absolute Gasteiger partial charge is 0.276 e. The number of nitrogens with one attached hydrogen (secondary N) is 1. The maximum atomic E-state index is 13.1. The Morgan fingerprint density at radius 1 is 1.32 bits per heavy atom. The van der Waals surface area contributed by atoms with E-state index in [0.717, 1.165) is 37.0 Å². The van der Waals surface area contributed by atoms with Gasteiger partial charge in [0.2, 0.25) is 5.51 Å². The lowest BCUT2D eigenvalue weighted by molar-refractivity contribution is -0.692. The highest BCUT2D eigenvalue weighted by atomic mass is 32.2. The summed E-state index contributed by atoms with van der Waals surface area (Å²) in [6.07, 6.45) is 4.27. The first-order valence-corrected chi connectivity index (χ1v) is 14.8. The first kappa shape index (κ1) is 26.6. The molecule has 2 aromatic heterocycles. The molecule has 0 radical (unpaired) electrons. The first-order chi connectivity index (χ1) is 18.4. The minimum absolute atomic E-state index is 0.107. The molecular formula is C23H26N6O6S3. The number of thiazole rings is 2. The van der Waals surface area contributed by atoms with Crippen LogP contribution in [-0.2, 0) is 43.3 Å². The third-order valence-corrected chi connectivity index (χ3v) is 9.56. The fourth-order valence-corrected chi connectivity index (χ4v) is 7.61. The molecule has 0 bridgehead atoms. The summed E-state index contributed by atoms with van der Waals surface area (Å²) in [5.41, 5.74) is 9.54. The van der Waals surface area contributed by atoms with Gasteiger partial charge in [0.05, 0.1) is 23.2 Å². The number of nitrogen functional groups attached to an aromatic ring is 1. The Bertz CT molecular complexity index is 1320. The van der Waals surface area contributed by atoms with Crippen molar-refractivity contribution < 1.29 is 33.6 Å². The van der Waals surface area contributed by atoms with Crippen LogP contribution in [0, 0.1) is 0 Å². The quantitative estimate of drug-likeness (QED) is 0.123. The molecule has 4 heterocycles. The Balaban J connectivity index is 1.33. The highest BCUT2D eigenvalue weighted by Crippen LogP contribution is 2.40. The highest BCUT2D eigenvalue weighted by Gasteiger charge is 2.53. The molecule has 15 heteroatoms. The molecule has 1 fully saturated rings. The maximum absolute atomic E-state index is 13.1. The van der Waals surface area contributed by atoms with Crippen LogP contribution < -0.4 is 20.7 Å². The second-order valence-electron chi connectivity index (χ2n) is 8.87. The Morgan fingerprint density at radius 2 is 2.13 bits per heavy atom. The number of nitrogens with two attached hydrogens (primary N) is 1. The van der Waals surface area contributed by atoms with Crippen LogP contribution in [0.5, 0.6) is 0 Å². The summed E-state index contributed by atoms with van der Waals surface area (Å²) in [6.45, 7) is 0.755. The minimum atomic E-state index is -1.40. The van der Waals surface area contributed by atoms with E-state index in [1.807, 2.05) is 5.51 Å². The number of carbonyl (C=O) groups excluding carboxylic acids is 3. The molecule has 2 amide bonds. The zero-order valence-electron chi connectivity index (χ0n) is 20.5. The van der Waals surface area contributed by atoms with E-state index in [0.29, 0.717) is 17.9 Å². The zero-order valence-corrected chi connectivity index (χ0v) is 23.0. The van der Waals surface area contributed by atoms with Crippen molar-refractivity contribution in [3.63, 3.8) is 0 Å². The number of carboxylic acid groups (broad SMARTS) is 1. The number of hydrogen-bond donors (Lipinski definition) is 2. The van der Waals surface area contributed by atoms with Gasteiger partial charge in [-0.3, -0.25) is 14.5 Å². The van der Waals surface area contributed by atoms with Gasteiger partial charge in [-0.1, -0.05) is 16.5 Å². The van der Waals surface area contributed by atoms with Crippen LogP contribution in [0.15, 0.2) is 27.3 Å². The number of ether oxygens (including phenoxy) is 1. The third-order valence-electron chi connectivity index (χ3n) is 6.46. The van der Waals surface area contributed by atoms with Crippen molar-refractivity contribution in [3.8, 4) is 0 Å². The molecule has 0 spiro atoms. The topological polar surface area (TPSA) is 163 Å². The number of hydrogen-bond acceptors (Lipinski definition) is 12. The third kappa shape index (κ3) is 5.15. The van der Waals surface area contributed by atoms with Crippen molar-refractivity contribution in [2.24, 2.45) is 5.16 Å². The first-order valence-electron chi connectivity index (χ1n) is 12.0. The van der Waals surface area contributed by atoms with E-state index in [2.05, 4.69) is 20.0 Å². The summed E-state index contributed by atoms with van der Waals surface area (Å²) < 4.78 is 7.01. The summed E-state index contributed by atoms with van der Waals surface area (Å²) in [6, 6.07) is -0.940. The van der Waals surface area contributed by atoms with Crippen LogP contribution in [0.2, 0.25) is 0 Å². The molecule has 38 heavy (non-hydrogen) atoms. The molecule has 0 aromatic carbocycles. The van der Waals surface area contributed by atoms with Gasteiger partial charge in [0, 0.05) is 30.2 Å². The number of rotatable bonds is 10. The number of carboxylic acids is 1. The minimum Gasteiger partial charge on any atom is -0.543 e. The van der Waals surface area contributed by atoms with Gasteiger partial charge in [-0.05, 0) is 19.3 Å². The average Bonchev–Trinajstić information content (AvgIpc) is 3.52. The number of thioether (sulfide) groups is 1. The molecule has 202 valence electrons. The number of β-lactam (4-membered cyclic amide) rings is 1. The van der Waals surface area contributed by atoms with Gasteiger partial charge in [-0.25, -0.2) is 4.98 Å². The second kappa shape index (κ2) is 11.4. The molecule has 0 saturated carbocycles. The predicted octanol–water partition coefficient (Wildman–Crippen LogP) is -0.576. The summed E-state index contributed by atoms with van der Waals surface area (Å²) >= 11 is 4.22. The monoisotopic (exact) mass is 578 g/mol. The molecule has 2 atom stereocenters. The van der Waals surface area contributed by atoms with Crippen molar-refractivity contribution in [3.05, 3.63) is 38.4 Å². The van der Waals surface area contributed by atoms with Crippen LogP contribution in [0.4, 0.5) is 5.13 Å². The summed E-state index contributed by atoms with van der Waals surface area (Å²) in [7, 11) is 1.51. The molecular weight excluding hydrogens is 552 g/mol. The van der Waals surface area contributed by atoms with Crippen molar-refractivity contribution in [2.45, 2.75) is 43.6 Å². The van der Waals surface area contributed by atoms with Gasteiger partial charge in [-0.15, -0.1) is 23.1 Å². The number of oxime groups is 1. The van der Waals surface area contributed by atoms with E-state index in [4.69, 9.17) is 15.3 Å². The molecule has 5 rings (SSSR count). The van der Waals surface area contributed by atoms with Crippen LogP contribution >= 0.6 is 34.4 Å². The fourth-order valence-electron chi connectivity index (χ4n) is 4.66. The summed E-state index contributed by atoms with van der Waals surface area (Å²) in [4.78, 5) is 50.2. The lowest BCUT2D eigenvalue weighted by Gasteiger charge is -2.50. The van der Waals surface area contributed by atoms with Crippen LogP contribution in [-0.4, -0.2) is 70.9 Å². The van der Waals surface area contributed by atoms with Crippen LogP contribution in [0.25, 0.3) is 0 Å². The summed E-state index contributed by atoms with van der Waals surface area (Å²) in [5, 5.41) is 19.9. The molecule has 12 nitrogen and oxygen atoms in total. The number of carbonyl (C=O) groups is 3. The Labute approximate surface area is 230 Å². The van der Waals surface area contributed by atoms with Crippen molar-refractivity contribution in [1.29, 1.82) is 0 Å². The molecule has 3 N–H and O–H groups in total. The van der Waals surface area contributed by atoms with Gasteiger partial charge in [0.1, 0.15) is 23.7 Å². The number of aliphatic carboxylic acids is 1. The molecule has 1 saturated heterocycles. The fraction of sp³-hybridized carbons (Fsp3) is 0.478. The predicted molar refractivity (Wildman–Crippen MR) is 139 cm³/mol.